The molecular formula is C31H35FN6O2. The van der Waals surface area contributed by atoms with Gasteiger partial charge in [-0.25, -0.2) is 4.39 Å². The Hall–Kier alpha value is -3.69. The topological polar surface area (TPSA) is 69.8 Å². The van der Waals surface area contributed by atoms with Crippen molar-refractivity contribution in [1.29, 1.82) is 0 Å². The summed E-state index contributed by atoms with van der Waals surface area (Å²) in [6, 6.07) is 13.8. The van der Waals surface area contributed by atoms with Crippen LogP contribution in [0.15, 0.2) is 48.7 Å². The fourth-order valence-electron chi connectivity index (χ4n) is 6.27. The van der Waals surface area contributed by atoms with Crippen molar-refractivity contribution in [1.82, 2.24) is 25.0 Å². The van der Waals surface area contributed by atoms with Gasteiger partial charge in [0.15, 0.2) is 0 Å². The van der Waals surface area contributed by atoms with Gasteiger partial charge in [-0.05, 0) is 50.2 Å². The normalized spacial score (nSPS) is 19.2. The fraction of sp³-hybridized carbons (Fsp3) is 0.419. The van der Waals surface area contributed by atoms with E-state index >= 15 is 0 Å². The number of aromatic nitrogens is 3. The summed E-state index contributed by atoms with van der Waals surface area (Å²) in [5.41, 5.74) is 4.56. The molecule has 3 aliphatic rings. The van der Waals surface area contributed by atoms with E-state index in [-0.39, 0.29) is 5.82 Å². The lowest BCUT2D eigenvalue weighted by atomic mass is 10.0. The van der Waals surface area contributed by atoms with Crippen molar-refractivity contribution in [2.75, 3.05) is 64.4 Å². The first-order valence-electron chi connectivity index (χ1n) is 14.3. The maximum atomic E-state index is 15.0. The van der Waals surface area contributed by atoms with Crippen LogP contribution in [0.1, 0.15) is 19.3 Å². The molecule has 9 heteroatoms. The highest BCUT2D eigenvalue weighted by atomic mass is 19.1. The van der Waals surface area contributed by atoms with E-state index in [4.69, 9.17) is 9.47 Å². The maximum absolute atomic E-state index is 15.0. The second-order valence-electron chi connectivity index (χ2n) is 11.1. The van der Waals surface area contributed by atoms with Gasteiger partial charge in [-0.2, -0.15) is 5.10 Å². The standard InChI is InChI=1S/C31H35FN6O2/c1-36-12-14-37(15-13-36)22-8-10-38(11-9-22)27-7-6-21-18-29(27)40-17-3-16-39-28-5-2-4-24(32)30(28)25-19-23-26(20-33-25)34-35-31(21)23/h2,4-7,18-20,22H,3,8-17H2,1H3,(H,34,35). The highest BCUT2D eigenvalue weighted by Crippen LogP contribution is 2.39. The lowest BCUT2D eigenvalue weighted by molar-refractivity contribution is 0.0981. The molecule has 2 aromatic heterocycles. The number of H-pyrrole nitrogens is 1. The van der Waals surface area contributed by atoms with Crippen molar-refractivity contribution in [3.63, 3.8) is 0 Å². The molecule has 7 rings (SSSR count). The molecule has 5 heterocycles. The smallest absolute Gasteiger partial charge is 0.143 e. The minimum atomic E-state index is -0.360. The van der Waals surface area contributed by atoms with Gasteiger partial charge < -0.3 is 19.3 Å². The van der Waals surface area contributed by atoms with Crippen LogP contribution in [0.5, 0.6) is 11.5 Å². The zero-order chi connectivity index (χ0) is 27.1. The maximum Gasteiger partial charge on any atom is 0.143 e. The second kappa shape index (κ2) is 10.7. The molecule has 0 spiro atoms. The van der Waals surface area contributed by atoms with Crippen molar-refractivity contribution in [2.45, 2.75) is 25.3 Å². The SMILES string of the molecule is CN1CCN(C2CCN(c3ccc4cc3OCCCOc3cccc(F)c3-c3cc5c-4n[nH]c5cn3)CC2)CC1. The minimum Gasteiger partial charge on any atom is -0.493 e. The summed E-state index contributed by atoms with van der Waals surface area (Å²) in [6.45, 7) is 7.58. The molecule has 0 atom stereocenters. The molecule has 0 aliphatic carbocycles. The van der Waals surface area contributed by atoms with E-state index in [9.17, 15) is 4.39 Å². The third kappa shape index (κ3) is 4.77. The number of benzene rings is 2. The Morgan fingerprint density at radius 1 is 0.925 bits per heavy atom. The summed E-state index contributed by atoms with van der Waals surface area (Å²) in [7, 11) is 2.21. The number of rotatable bonds is 2. The molecule has 4 bridgehead atoms. The summed E-state index contributed by atoms with van der Waals surface area (Å²) >= 11 is 0. The highest BCUT2D eigenvalue weighted by Gasteiger charge is 2.28. The Morgan fingerprint density at radius 2 is 1.73 bits per heavy atom. The van der Waals surface area contributed by atoms with Gasteiger partial charge in [-0.15, -0.1) is 0 Å². The number of ether oxygens (including phenoxy) is 2. The molecular weight excluding hydrogens is 507 g/mol. The average molecular weight is 543 g/mol. The first-order valence-corrected chi connectivity index (χ1v) is 14.3. The van der Waals surface area contributed by atoms with Crippen LogP contribution in [0.2, 0.25) is 0 Å². The van der Waals surface area contributed by atoms with Crippen LogP contribution in [0, 0.1) is 5.82 Å². The Labute approximate surface area is 233 Å². The van der Waals surface area contributed by atoms with Crippen LogP contribution in [-0.2, 0) is 0 Å². The number of likely N-dealkylation sites (N-methyl/N-ethyl adjacent to an activating group) is 1. The Kier molecular flexibility index (Phi) is 6.77. The van der Waals surface area contributed by atoms with E-state index < -0.39 is 0 Å². The molecule has 1 N–H and O–H groups in total. The molecule has 8 nitrogen and oxygen atoms in total. The minimum absolute atomic E-state index is 0.360. The lowest BCUT2D eigenvalue weighted by Gasteiger charge is -2.42. The number of piperazine rings is 1. The molecule has 2 aromatic carbocycles. The quantitative estimate of drug-likeness (QED) is 0.390. The Balaban J connectivity index is 1.20. The third-order valence-corrected chi connectivity index (χ3v) is 8.58. The zero-order valence-corrected chi connectivity index (χ0v) is 22.9. The van der Waals surface area contributed by atoms with E-state index in [1.807, 2.05) is 6.07 Å². The van der Waals surface area contributed by atoms with E-state index in [1.54, 1.807) is 18.3 Å². The summed E-state index contributed by atoms with van der Waals surface area (Å²) in [6.07, 6.45) is 4.70. The number of anilines is 1. The number of aromatic amines is 1. The van der Waals surface area contributed by atoms with Crippen molar-refractivity contribution in [2.24, 2.45) is 0 Å². The highest BCUT2D eigenvalue weighted by molar-refractivity contribution is 5.95. The second-order valence-corrected chi connectivity index (χ2v) is 11.1. The van der Waals surface area contributed by atoms with Gasteiger partial charge in [0.1, 0.15) is 23.0 Å². The number of hydrogen-bond donors (Lipinski definition) is 1. The largest absolute Gasteiger partial charge is 0.493 e. The van der Waals surface area contributed by atoms with Crippen molar-refractivity contribution < 1.29 is 13.9 Å². The number of piperidine rings is 1. The fourth-order valence-corrected chi connectivity index (χ4v) is 6.27. The predicted molar refractivity (Wildman–Crippen MR) is 155 cm³/mol. The molecule has 2 fully saturated rings. The molecule has 0 radical (unpaired) electrons. The number of pyridine rings is 1. The predicted octanol–water partition coefficient (Wildman–Crippen LogP) is 4.81. The van der Waals surface area contributed by atoms with E-state index in [0.717, 1.165) is 85.7 Å². The first kappa shape index (κ1) is 25.3. The van der Waals surface area contributed by atoms with Crippen molar-refractivity contribution in [3.8, 4) is 34.0 Å². The molecule has 2 saturated heterocycles. The van der Waals surface area contributed by atoms with Crippen LogP contribution >= 0.6 is 0 Å². The molecule has 0 unspecified atom stereocenters. The van der Waals surface area contributed by atoms with Gasteiger partial charge in [0.05, 0.1) is 41.9 Å². The van der Waals surface area contributed by atoms with E-state index in [0.29, 0.717) is 42.7 Å². The van der Waals surface area contributed by atoms with Crippen molar-refractivity contribution >= 4 is 16.6 Å². The molecule has 208 valence electrons. The summed E-state index contributed by atoms with van der Waals surface area (Å²) in [4.78, 5) is 12.1. The Morgan fingerprint density at radius 3 is 2.55 bits per heavy atom. The number of fused-ring (bicyclic) bond motifs is 6. The number of nitrogens with zero attached hydrogens (tertiary/aromatic N) is 5. The first-order chi connectivity index (χ1) is 19.6. The van der Waals surface area contributed by atoms with Gasteiger partial charge in [0, 0.05) is 62.7 Å². The van der Waals surface area contributed by atoms with E-state index in [1.165, 1.54) is 6.07 Å². The summed E-state index contributed by atoms with van der Waals surface area (Å²) in [5, 5.41) is 8.59. The number of halogens is 1. The molecule has 4 aromatic rings. The van der Waals surface area contributed by atoms with Crippen LogP contribution in [0.4, 0.5) is 10.1 Å². The number of nitrogens with one attached hydrogen (secondary N) is 1. The van der Waals surface area contributed by atoms with Crippen LogP contribution in [0.25, 0.3) is 33.4 Å². The third-order valence-electron chi connectivity index (χ3n) is 8.58. The summed E-state index contributed by atoms with van der Waals surface area (Å²) in [5.74, 6) is 0.988. The summed E-state index contributed by atoms with van der Waals surface area (Å²) < 4.78 is 27.4. The Bertz CT molecular complexity index is 1510. The van der Waals surface area contributed by atoms with Crippen molar-refractivity contribution in [3.05, 3.63) is 54.5 Å². The zero-order valence-electron chi connectivity index (χ0n) is 22.9. The van der Waals surface area contributed by atoms with Crippen LogP contribution in [-0.4, -0.2) is 90.6 Å². The van der Waals surface area contributed by atoms with E-state index in [2.05, 4.69) is 55.1 Å². The molecule has 0 saturated carbocycles. The molecule has 0 amide bonds. The van der Waals surface area contributed by atoms with Crippen LogP contribution in [0.3, 0.4) is 0 Å². The van der Waals surface area contributed by atoms with Gasteiger partial charge in [-0.3, -0.25) is 15.0 Å². The van der Waals surface area contributed by atoms with Crippen LogP contribution < -0.4 is 14.4 Å². The number of hydrogen-bond acceptors (Lipinski definition) is 7. The molecule has 3 aliphatic heterocycles. The lowest BCUT2D eigenvalue weighted by Crippen LogP contribution is -2.52. The van der Waals surface area contributed by atoms with Gasteiger partial charge >= 0.3 is 0 Å². The monoisotopic (exact) mass is 542 g/mol. The van der Waals surface area contributed by atoms with Gasteiger partial charge in [-0.1, -0.05) is 12.1 Å². The van der Waals surface area contributed by atoms with Gasteiger partial charge in [0.25, 0.3) is 0 Å². The van der Waals surface area contributed by atoms with Gasteiger partial charge in [0.2, 0.25) is 0 Å². The molecule has 40 heavy (non-hydrogen) atoms. The average Bonchev–Trinajstić information content (AvgIpc) is 3.41.